The molecule has 1 aliphatic rings. The zero-order chi connectivity index (χ0) is 8.43. The maximum absolute atomic E-state index is 10.9. The van der Waals surface area contributed by atoms with E-state index in [0.29, 0.717) is 11.8 Å². The van der Waals surface area contributed by atoms with Gasteiger partial charge in [0.2, 0.25) is 5.91 Å². The monoisotopic (exact) mass is 156 g/mol. The first-order chi connectivity index (χ1) is 5.13. The highest BCUT2D eigenvalue weighted by Gasteiger charge is 2.32. The minimum atomic E-state index is -0.159. The van der Waals surface area contributed by atoms with E-state index >= 15 is 0 Å². The van der Waals surface area contributed by atoms with E-state index in [2.05, 4.69) is 19.2 Å². The van der Waals surface area contributed by atoms with E-state index in [1.165, 1.54) is 0 Å². The van der Waals surface area contributed by atoms with Gasteiger partial charge in [-0.1, -0.05) is 13.8 Å². The fraction of sp³-hybridized carbons (Fsp3) is 0.875. The van der Waals surface area contributed by atoms with Crippen molar-refractivity contribution < 1.29 is 4.79 Å². The molecule has 0 spiro atoms. The van der Waals surface area contributed by atoms with Gasteiger partial charge < -0.3 is 11.1 Å². The normalized spacial score (nSPS) is 31.2. The molecule has 1 aliphatic heterocycles. The molecule has 2 atom stereocenters. The maximum Gasteiger partial charge on any atom is 0.222 e. The minimum Gasteiger partial charge on any atom is -0.369 e. The predicted octanol–water partition coefficient (Wildman–Crippen LogP) is -0.0367. The summed E-state index contributed by atoms with van der Waals surface area (Å²) in [5, 5.41) is 3.18. The third-order valence-electron chi connectivity index (χ3n) is 2.48. The second-order valence-electron chi connectivity index (χ2n) is 3.57. The molecular weight excluding hydrogens is 140 g/mol. The number of amides is 1. The molecule has 11 heavy (non-hydrogen) atoms. The molecule has 3 N–H and O–H groups in total. The van der Waals surface area contributed by atoms with Gasteiger partial charge in [-0.3, -0.25) is 4.79 Å². The van der Waals surface area contributed by atoms with E-state index in [9.17, 15) is 4.79 Å². The van der Waals surface area contributed by atoms with Crippen LogP contribution >= 0.6 is 0 Å². The zero-order valence-corrected chi connectivity index (χ0v) is 7.13. The number of carbonyl (C=O) groups is 1. The van der Waals surface area contributed by atoms with Crippen molar-refractivity contribution in [1.29, 1.82) is 0 Å². The standard InChI is InChI=1S/C8H16N2O/c1-5(2)6-3-10-4-7(6)8(9)11/h5-7,10H,3-4H2,1-2H3,(H2,9,11). The van der Waals surface area contributed by atoms with Crippen LogP contribution in [0.4, 0.5) is 0 Å². The number of nitrogens with two attached hydrogens (primary N) is 1. The lowest BCUT2D eigenvalue weighted by Gasteiger charge is -2.18. The van der Waals surface area contributed by atoms with Crippen LogP contribution in [0.3, 0.4) is 0 Å². The molecular formula is C8H16N2O. The predicted molar refractivity (Wildman–Crippen MR) is 43.9 cm³/mol. The summed E-state index contributed by atoms with van der Waals surface area (Å²) in [6.07, 6.45) is 0. The van der Waals surface area contributed by atoms with Crippen LogP contribution in [0.1, 0.15) is 13.8 Å². The van der Waals surface area contributed by atoms with Crippen molar-refractivity contribution in [2.45, 2.75) is 13.8 Å². The number of hydrogen-bond donors (Lipinski definition) is 2. The van der Waals surface area contributed by atoms with Crippen LogP contribution in [0.25, 0.3) is 0 Å². The van der Waals surface area contributed by atoms with Crippen molar-refractivity contribution in [3.8, 4) is 0 Å². The second kappa shape index (κ2) is 3.22. The molecule has 0 saturated carbocycles. The van der Waals surface area contributed by atoms with Crippen molar-refractivity contribution in [2.75, 3.05) is 13.1 Å². The Hall–Kier alpha value is -0.570. The van der Waals surface area contributed by atoms with Crippen LogP contribution in [0.15, 0.2) is 0 Å². The highest BCUT2D eigenvalue weighted by atomic mass is 16.1. The smallest absolute Gasteiger partial charge is 0.222 e. The minimum absolute atomic E-state index is 0.0509. The number of rotatable bonds is 2. The summed E-state index contributed by atoms with van der Waals surface area (Å²) >= 11 is 0. The van der Waals surface area contributed by atoms with Gasteiger partial charge in [0, 0.05) is 6.54 Å². The average molecular weight is 156 g/mol. The van der Waals surface area contributed by atoms with Gasteiger partial charge in [0.1, 0.15) is 0 Å². The van der Waals surface area contributed by atoms with E-state index in [1.807, 2.05) is 0 Å². The summed E-state index contributed by atoms with van der Waals surface area (Å²) in [6, 6.07) is 0. The number of nitrogens with one attached hydrogen (secondary N) is 1. The molecule has 0 aliphatic carbocycles. The highest BCUT2D eigenvalue weighted by Crippen LogP contribution is 2.23. The zero-order valence-electron chi connectivity index (χ0n) is 7.13. The summed E-state index contributed by atoms with van der Waals surface area (Å²) in [5.74, 6) is 0.874. The molecule has 64 valence electrons. The maximum atomic E-state index is 10.9. The Labute approximate surface area is 67.3 Å². The van der Waals surface area contributed by atoms with Crippen LogP contribution in [-0.2, 0) is 4.79 Å². The fourth-order valence-electron chi connectivity index (χ4n) is 1.71. The summed E-state index contributed by atoms with van der Waals surface area (Å²) in [4.78, 5) is 10.9. The third kappa shape index (κ3) is 1.71. The van der Waals surface area contributed by atoms with E-state index in [0.717, 1.165) is 13.1 Å². The van der Waals surface area contributed by atoms with E-state index in [-0.39, 0.29) is 11.8 Å². The topological polar surface area (TPSA) is 55.1 Å². The van der Waals surface area contributed by atoms with E-state index < -0.39 is 0 Å². The van der Waals surface area contributed by atoms with Gasteiger partial charge in [-0.25, -0.2) is 0 Å². The first-order valence-corrected chi connectivity index (χ1v) is 4.13. The molecule has 0 bridgehead atoms. The highest BCUT2D eigenvalue weighted by molar-refractivity contribution is 5.77. The van der Waals surface area contributed by atoms with Crippen molar-refractivity contribution in [3.05, 3.63) is 0 Å². The lowest BCUT2D eigenvalue weighted by molar-refractivity contribution is -0.122. The summed E-state index contributed by atoms with van der Waals surface area (Å²) in [6.45, 7) is 5.96. The molecule has 1 fully saturated rings. The van der Waals surface area contributed by atoms with Crippen molar-refractivity contribution in [2.24, 2.45) is 23.5 Å². The second-order valence-corrected chi connectivity index (χ2v) is 3.57. The van der Waals surface area contributed by atoms with Crippen LogP contribution in [-0.4, -0.2) is 19.0 Å². The Kier molecular flexibility index (Phi) is 2.49. The Morgan fingerprint density at radius 3 is 2.55 bits per heavy atom. The summed E-state index contributed by atoms with van der Waals surface area (Å²) in [5.41, 5.74) is 5.25. The van der Waals surface area contributed by atoms with Gasteiger partial charge in [0.15, 0.2) is 0 Å². The molecule has 1 amide bonds. The molecule has 0 aromatic carbocycles. The molecule has 2 unspecified atom stereocenters. The SMILES string of the molecule is CC(C)C1CNCC1C(N)=O. The first kappa shape index (κ1) is 8.53. The van der Waals surface area contributed by atoms with Crippen LogP contribution < -0.4 is 11.1 Å². The van der Waals surface area contributed by atoms with Crippen LogP contribution in [0.2, 0.25) is 0 Å². The summed E-state index contributed by atoms with van der Waals surface area (Å²) in [7, 11) is 0. The molecule has 0 aromatic heterocycles. The average Bonchev–Trinajstić information content (AvgIpc) is 2.32. The van der Waals surface area contributed by atoms with E-state index in [4.69, 9.17) is 5.73 Å². The van der Waals surface area contributed by atoms with Gasteiger partial charge in [0.25, 0.3) is 0 Å². The van der Waals surface area contributed by atoms with Crippen molar-refractivity contribution >= 4 is 5.91 Å². The van der Waals surface area contributed by atoms with Crippen LogP contribution in [0, 0.1) is 17.8 Å². The van der Waals surface area contributed by atoms with E-state index in [1.54, 1.807) is 0 Å². The van der Waals surface area contributed by atoms with Crippen molar-refractivity contribution in [3.63, 3.8) is 0 Å². The van der Waals surface area contributed by atoms with Crippen LogP contribution in [0.5, 0.6) is 0 Å². The summed E-state index contributed by atoms with van der Waals surface area (Å²) < 4.78 is 0. The molecule has 1 heterocycles. The Bertz CT molecular complexity index is 156. The fourth-order valence-corrected chi connectivity index (χ4v) is 1.71. The lowest BCUT2D eigenvalue weighted by Crippen LogP contribution is -2.31. The number of carbonyl (C=O) groups excluding carboxylic acids is 1. The Balaban J connectivity index is 2.58. The quantitative estimate of drug-likeness (QED) is 0.589. The van der Waals surface area contributed by atoms with Gasteiger partial charge >= 0.3 is 0 Å². The Morgan fingerprint density at radius 1 is 1.55 bits per heavy atom. The molecule has 1 saturated heterocycles. The molecule has 0 aromatic rings. The van der Waals surface area contributed by atoms with Crippen molar-refractivity contribution in [1.82, 2.24) is 5.32 Å². The first-order valence-electron chi connectivity index (χ1n) is 4.13. The van der Waals surface area contributed by atoms with Gasteiger partial charge in [-0.05, 0) is 18.4 Å². The van der Waals surface area contributed by atoms with Gasteiger partial charge in [-0.2, -0.15) is 0 Å². The number of primary amides is 1. The third-order valence-corrected chi connectivity index (χ3v) is 2.48. The van der Waals surface area contributed by atoms with Gasteiger partial charge in [0.05, 0.1) is 5.92 Å². The van der Waals surface area contributed by atoms with Gasteiger partial charge in [-0.15, -0.1) is 0 Å². The number of hydrogen-bond acceptors (Lipinski definition) is 2. The molecule has 3 heteroatoms. The largest absolute Gasteiger partial charge is 0.369 e. The molecule has 1 rings (SSSR count). The Morgan fingerprint density at radius 2 is 2.18 bits per heavy atom. The molecule has 0 radical (unpaired) electrons. The lowest BCUT2D eigenvalue weighted by atomic mass is 9.86. The molecule has 3 nitrogen and oxygen atoms in total.